The number of benzene rings is 2. The molecule has 9 nitrogen and oxygen atoms in total. The zero-order valence-corrected chi connectivity index (χ0v) is 21.7. The minimum Gasteiger partial charge on any atom is -0.744 e. The molecule has 0 bridgehead atoms. The fraction of sp³-hybridized carbons (Fsp3) is 0.107. The number of aromatic nitrogens is 3. The summed E-state index contributed by atoms with van der Waals surface area (Å²) < 4.78 is 41.3. The summed E-state index contributed by atoms with van der Waals surface area (Å²) in [5.41, 5.74) is 7.03. The van der Waals surface area contributed by atoms with Crippen LogP contribution in [0.3, 0.4) is 0 Å². The van der Waals surface area contributed by atoms with Crippen LogP contribution in [0.1, 0.15) is 16.8 Å². The maximum atomic E-state index is 10.4. The summed E-state index contributed by atoms with van der Waals surface area (Å²) in [5, 5.41) is 4.19. The molecular formula is C28H27N5O4S. The second kappa shape index (κ2) is 12.1. The monoisotopic (exact) mass is 529 g/mol. The highest BCUT2D eigenvalue weighted by Gasteiger charge is 2.13. The van der Waals surface area contributed by atoms with Gasteiger partial charge in [0.1, 0.15) is 27.9 Å². The first kappa shape index (κ1) is 26.5. The number of imidazole rings is 1. The summed E-state index contributed by atoms with van der Waals surface area (Å²) in [4.78, 5) is 3.97. The molecule has 0 atom stereocenters. The first-order chi connectivity index (χ1) is 18.3. The Labute approximate surface area is 221 Å². The Morgan fingerprint density at radius 3 is 2.42 bits per heavy atom. The number of rotatable bonds is 7. The molecule has 5 rings (SSSR count). The number of hydrazone groups is 1. The predicted octanol–water partition coefficient (Wildman–Crippen LogP) is 4.08. The Balaban J connectivity index is 0.000000257. The third kappa shape index (κ3) is 7.25. The third-order valence-electron chi connectivity index (χ3n) is 5.56. The highest BCUT2D eigenvalue weighted by atomic mass is 32.2. The topological polar surface area (TPSA) is 113 Å². The van der Waals surface area contributed by atoms with Crippen LogP contribution in [0.2, 0.25) is 0 Å². The summed E-state index contributed by atoms with van der Waals surface area (Å²) >= 11 is 0. The lowest BCUT2D eigenvalue weighted by molar-refractivity contribution is -0.511. The van der Waals surface area contributed by atoms with E-state index in [9.17, 15) is 13.0 Å². The summed E-state index contributed by atoms with van der Waals surface area (Å²) in [6.07, 6.45) is 7.59. The van der Waals surface area contributed by atoms with Crippen LogP contribution < -0.4 is 14.6 Å². The average molecular weight is 530 g/mol. The second-order valence-corrected chi connectivity index (χ2v) is 9.74. The van der Waals surface area contributed by atoms with Gasteiger partial charge in [0.2, 0.25) is 0 Å². The Morgan fingerprint density at radius 1 is 1.03 bits per heavy atom. The van der Waals surface area contributed by atoms with E-state index in [4.69, 9.17) is 4.74 Å². The molecule has 0 unspecified atom stereocenters. The number of nitrogens with zero attached hydrogens (tertiary/aromatic N) is 4. The molecule has 194 valence electrons. The van der Waals surface area contributed by atoms with Crippen LogP contribution in [-0.4, -0.2) is 28.7 Å². The zero-order valence-electron chi connectivity index (χ0n) is 20.9. The fourth-order valence-electron chi connectivity index (χ4n) is 3.48. The second-order valence-electron chi connectivity index (χ2n) is 8.36. The van der Waals surface area contributed by atoms with Gasteiger partial charge in [-0.2, -0.15) is 5.10 Å². The van der Waals surface area contributed by atoms with Crippen molar-refractivity contribution in [2.75, 3.05) is 5.43 Å². The molecule has 0 spiro atoms. The molecule has 3 heterocycles. The number of aryl methyl sites for hydroxylation is 2. The summed E-state index contributed by atoms with van der Waals surface area (Å²) in [6, 6.07) is 25.4. The molecule has 5 aromatic rings. The largest absolute Gasteiger partial charge is 0.744 e. The molecule has 0 amide bonds. The standard InChI is InChI=1S/C21H20N5O.C7H8O3S/c1-25-18(15-26-13-5-3-7-21(25)26)16-27-19-10-8-17(9-11-19)14-23-24-20-6-2-4-12-22-20;1-6-2-4-7(5-3-6)11(8,9)10/h2-15H,16H2,1H3,(H,22,24);2-5H,1H3,(H,8,9,10)/q+1;/p-1/b23-14+;. The van der Waals surface area contributed by atoms with Gasteiger partial charge in [-0.1, -0.05) is 29.8 Å². The fourth-order valence-corrected chi connectivity index (χ4v) is 3.95. The molecule has 0 saturated carbocycles. The predicted molar refractivity (Wildman–Crippen MR) is 144 cm³/mol. The van der Waals surface area contributed by atoms with Crippen LogP contribution in [0.15, 0.2) is 114 Å². The molecule has 2 aromatic carbocycles. The van der Waals surface area contributed by atoms with Crippen molar-refractivity contribution >= 4 is 27.8 Å². The number of nitrogens with one attached hydrogen (secondary N) is 1. The van der Waals surface area contributed by atoms with E-state index in [1.165, 1.54) is 12.1 Å². The van der Waals surface area contributed by atoms with Gasteiger partial charge in [-0.25, -0.2) is 22.4 Å². The molecule has 0 aliphatic rings. The Kier molecular flexibility index (Phi) is 8.47. The summed E-state index contributed by atoms with van der Waals surface area (Å²) in [6.45, 7) is 2.33. The molecular weight excluding hydrogens is 502 g/mol. The number of pyridine rings is 2. The van der Waals surface area contributed by atoms with Crippen molar-refractivity contribution in [1.82, 2.24) is 9.55 Å². The lowest BCUT2D eigenvalue weighted by Gasteiger charge is -2.05. The van der Waals surface area contributed by atoms with Gasteiger partial charge in [0, 0.05) is 12.3 Å². The van der Waals surface area contributed by atoms with Crippen LogP contribution in [0.25, 0.3) is 5.65 Å². The van der Waals surface area contributed by atoms with Crippen LogP contribution >= 0.6 is 0 Å². The number of hydrogen-bond acceptors (Lipinski definition) is 7. The average Bonchev–Trinajstić information content (AvgIpc) is 3.24. The zero-order chi connectivity index (χ0) is 27.0. The van der Waals surface area contributed by atoms with Gasteiger partial charge in [-0.3, -0.25) is 5.43 Å². The molecule has 0 aliphatic heterocycles. The third-order valence-corrected chi connectivity index (χ3v) is 6.41. The van der Waals surface area contributed by atoms with E-state index in [2.05, 4.69) is 36.7 Å². The smallest absolute Gasteiger partial charge is 0.286 e. The van der Waals surface area contributed by atoms with Gasteiger partial charge in [0.05, 0.1) is 24.4 Å². The van der Waals surface area contributed by atoms with Gasteiger partial charge < -0.3 is 9.29 Å². The van der Waals surface area contributed by atoms with Crippen molar-refractivity contribution in [2.45, 2.75) is 18.4 Å². The minimum atomic E-state index is -4.27. The van der Waals surface area contributed by atoms with E-state index in [1.54, 1.807) is 24.5 Å². The van der Waals surface area contributed by atoms with Crippen LogP contribution in [0.4, 0.5) is 5.82 Å². The van der Waals surface area contributed by atoms with Crippen LogP contribution in [0, 0.1) is 6.92 Å². The van der Waals surface area contributed by atoms with Gasteiger partial charge in [0.25, 0.3) is 5.65 Å². The maximum absolute atomic E-state index is 10.4. The molecule has 3 aromatic heterocycles. The highest BCUT2D eigenvalue weighted by molar-refractivity contribution is 7.85. The van der Waals surface area contributed by atoms with E-state index in [-0.39, 0.29) is 4.90 Å². The minimum absolute atomic E-state index is 0.178. The molecule has 38 heavy (non-hydrogen) atoms. The maximum Gasteiger partial charge on any atom is 0.286 e. The molecule has 0 fully saturated rings. The molecule has 10 heteroatoms. The van der Waals surface area contributed by atoms with Gasteiger partial charge >= 0.3 is 0 Å². The number of fused-ring (bicyclic) bond motifs is 1. The lowest BCUT2D eigenvalue weighted by Crippen LogP contribution is -2.17. The van der Waals surface area contributed by atoms with E-state index in [1.807, 2.05) is 74.8 Å². The Bertz CT molecular complexity index is 1620. The van der Waals surface area contributed by atoms with Crippen molar-refractivity contribution in [3.63, 3.8) is 0 Å². The van der Waals surface area contributed by atoms with Gasteiger partial charge in [0.15, 0.2) is 12.3 Å². The van der Waals surface area contributed by atoms with E-state index >= 15 is 0 Å². The highest BCUT2D eigenvalue weighted by Crippen LogP contribution is 2.14. The molecule has 0 saturated heterocycles. The van der Waals surface area contributed by atoms with Crippen molar-refractivity contribution in [2.24, 2.45) is 12.1 Å². The summed E-state index contributed by atoms with van der Waals surface area (Å²) in [5.74, 6) is 1.53. The Morgan fingerprint density at radius 2 is 1.76 bits per heavy atom. The van der Waals surface area contributed by atoms with Crippen molar-refractivity contribution in [1.29, 1.82) is 0 Å². The first-order valence-electron chi connectivity index (χ1n) is 11.7. The lowest BCUT2D eigenvalue weighted by atomic mass is 10.2. The Hall–Kier alpha value is -4.54. The summed E-state index contributed by atoms with van der Waals surface area (Å²) in [7, 11) is -2.23. The van der Waals surface area contributed by atoms with E-state index < -0.39 is 10.1 Å². The van der Waals surface area contributed by atoms with Crippen molar-refractivity contribution in [3.8, 4) is 5.75 Å². The van der Waals surface area contributed by atoms with Gasteiger partial charge in [-0.05, 0) is 67.1 Å². The van der Waals surface area contributed by atoms with E-state index in [0.717, 1.165) is 28.2 Å². The number of hydrogen-bond donors (Lipinski definition) is 1. The SMILES string of the molecule is Cc1ccc(S(=O)(=O)[O-])cc1.Cn1c(COc2ccc(/C=N/Nc3ccccn3)cc2)c[n+]2ccccc12. The van der Waals surface area contributed by atoms with Crippen LogP contribution in [-0.2, 0) is 23.8 Å². The molecule has 0 radical (unpaired) electrons. The number of anilines is 1. The number of ether oxygens (including phenoxy) is 1. The molecule has 1 N–H and O–H groups in total. The van der Waals surface area contributed by atoms with Crippen molar-refractivity contribution in [3.05, 3.63) is 120 Å². The van der Waals surface area contributed by atoms with Gasteiger partial charge in [-0.15, -0.1) is 0 Å². The quantitative estimate of drug-likeness (QED) is 0.147. The normalized spacial score (nSPS) is 11.2. The molecule has 0 aliphatic carbocycles. The van der Waals surface area contributed by atoms with Crippen LogP contribution in [0.5, 0.6) is 5.75 Å². The first-order valence-corrected chi connectivity index (χ1v) is 13.1. The van der Waals surface area contributed by atoms with Crippen molar-refractivity contribution < 1.29 is 22.1 Å². The van der Waals surface area contributed by atoms with E-state index in [0.29, 0.717) is 12.4 Å².